The van der Waals surface area contributed by atoms with E-state index in [4.69, 9.17) is 10.5 Å². The lowest BCUT2D eigenvalue weighted by atomic mass is 10.1. The normalized spacial score (nSPS) is 11.2. The summed E-state index contributed by atoms with van der Waals surface area (Å²) in [4.78, 5) is -0.127. The molecule has 0 saturated heterocycles. The molecule has 2 N–H and O–H groups in total. The minimum atomic E-state index is -4.41. The molecule has 1 rings (SSSR count). The zero-order chi connectivity index (χ0) is 11.6. The van der Waals surface area contributed by atoms with E-state index in [-0.39, 0.29) is 16.3 Å². The molecule has 0 amide bonds. The standard InChI is InChI=1S/C9H8F3NOS/c1-14-7-3-2-5(9(10,11)12)4-6(7)8(13)15/h2-4H,1H3,(H2,13,15). The molecular weight excluding hydrogens is 227 g/mol. The van der Waals surface area contributed by atoms with Gasteiger partial charge in [-0.15, -0.1) is 0 Å². The number of alkyl halides is 3. The van der Waals surface area contributed by atoms with E-state index in [1.165, 1.54) is 13.2 Å². The van der Waals surface area contributed by atoms with E-state index in [0.717, 1.165) is 12.1 Å². The second kappa shape index (κ2) is 4.06. The van der Waals surface area contributed by atoms with Crippen molar-refractivity contribution in [2.75, 3.05) is 7.11 Å². The molecule has 2 nitrogen and oxygen atoms in total. The third-order valence-electron chi connectivity index (χ3n) is 1.79. The summed E-state index contributed by atoms with van der Waals surface area (Å²) in [6, 6.07) is 2.99. The molecule has 0 aliphatic rings. The fourth-order valence-corrected chi connectivity index (χ4v) is 1.24. The molecule has 82 valence electrons. The zero-order valence-corrected chi connectivity index (χ0v) is 8.58. The Morgan fingerprint density at radius 2 is 2.00 bits per heavy atom. The molecule has 15 heavy (non-hydrogen) atoms. The van der Waals surface area contributed by atoms with Crippen molar-refractivity contribution in [1.82, 2.24) is 0 Å². The maximum atomic E-state index is 12.3. The smallest absolute Gasteiger partial charge is 0.416 e. The summed E-state index contributed by atoms with van der Waals surface area (Å²) < 4.78 is 41.9. The summed E-state index contributed by atoms with van der Waals surface area (Å²) >= 11 is 4.63. The number of hydrogen-bond acceptors (Lipinski definition) is 2. The van der Waals surface area contributed by atoms with E-state index in [1.807, 2.05) is 0 Å². The maximum absolute atomic E-state index is 12.3. The Labute approximate surface area is 89.8 Å². The molecule has 0 aromatic heterocycles. The van der Waals surface area contributed by atoms with E-state index in [1.54, 1.807) is 0 Å². The Balaban J connectivity index is 3.28. The van der Waals surface area contributed by atoms with Gasteiger partial charge in [-0.1, -0.05) is 12.2 Å². The van der Waals surface area contributed by atoms with Gasteiger partial charge >= 0.3 is 6.18 Å². The van der Waals surface area contributed by atoms with Crippen LogP contribution in [0.4, 0.5) is 13.2 Å². The third kappa shape index (κ3) is 2.59. The average molecular weight is 235 g/mol. The van der Waals surface area contributed by atoms with Gasteiger partial charge in [0, 0.05) is 0 Å². The first-order chi connectivity index (χ1) is 6.86. The Kier molecular flexibility index (Phi) is 3.18. The number of halogens is 3. The van der Waals surface area contributed by atoms with Crippen molar-refractivity contribution in [1.29, 1.82) is 0 Å². The molecule has 0 spiro atoms. The molecule has 0 aliphatic carbocycles. The quantitative estimate of drug-likeness (QED) is 0.799. The Hall–Kier alpha value is -1.30. The molecule has 0 bridgehead atoms. The molecule has 6 heteroatoms. The van der Waals surface area contributed by atoms with Crippen LogP contribution >= 0.6 is 12.2 Å². The molecular formula is C9H8F3NOS. The van der Waals surface area contributed by atoms with E-state index in [0.29, 0.717) is 0 Å². The molecule has 0 atom stereocenters. The number of ether oxygens (including phenoxy) is 1. The lowest BCUT2D eigenvalue weighted by Crippen LogP contribution is -2.13. The van der Waals surface area contributed by atoms with Crippen molar-refractivity contribution in [3.8, 4) is 5.75 Å². The van der Waals surface area contributed by atoms with Gasteiger partial charge in [-0.25, -0.2) is 0 Å². The van der Waals surface area contributed by atoms with E-state index >= 15 is 0 Å². The Morgan fingerprint density at radius 3 is 2.40 bits per heavy atom. The van der Waals surface area contributed by atoms with Crippen LogP contribution < -0.4 is 10.5 Å². The first-order valence-corrected chi connectivity index (χ1v) is 4.32. The largest absolute Gasteiger partial charge is 0.496 e. The van der Waals surface area contributed by atoms with E-state index < -0.39 is 11.7 Å². The van der Waals surface area contributed by atoms with Gasteiger partial charge < -0.3 is 10.5 Å². The molecule has 1 aromatic rings. The minimum Gasteiger partial charge on any atom is -0.496 e. The van der Waals surface area contributed by atoms with Crippen LogP contribution in [-0.4, -0.2) is 12.1 Å². The van der Waals surface area contributed by atoms with Gasteiger partial charge in [0.25, 0.3) is 0 Å². The van der Waals surface area contributed by atoms with Crippen molar-refractivity contribution in [3.63, 3.8) is 0 Å². The van der Waals surface area contributed by atoms with Gasteiger partial charge in [0.2, 0.25) is 0 Å². The van der Waals surface area contributed by atoms with Gasteiger partial charge in [0.15, 0.2) is 0 Å². The lowest BCUT2D eigenvalue weighted by molar-refractivity contribution is -0.137. The van der Waals surface area contributed by atoms with Crippen LogP contribution in [0.5, 0.6) is 5.75 Å². The molecule has 0 aliphatic heterocycles. The summed E-state index contributed by atoms with van der Waals surface area (Å²) in [7, 11) is 1.34. The predicted molar refractivity (Wildman–Crippen MR) is 53.9 cm³/mol. The summed E-state index contributed by atoms with van der Waals surface area (Å²) in [6.45, 7) is 0. The number of thiocarbonyl (C=S) groups is 1. The van der Waals surface area contributed by atoms with Gasteiger partial charge in [0.05, 0.1) is 18.2 Å². The minimum absolute atomic E-state index is 0.0855. The first kappa shape index (κ1) is 11.8. The predicted octanol–water partition coefficient (Wildman–Crippen LogP) is 2.35. The van der Waals surface area contributed by atoms with Crippen LogP contribution in [0.3, 0.4) is 0 Å². The van der Waals surface area contributed by atoms with Crippen molar-refractivity contribution < 1.29 is 17.9 Å². The molecule has 0 radical (unpaired) electrons. The number of rotatable bonds is 2. The second-order valence-corrected chi connectivity index (χ2v) is 3.22. The van der Waals surface area contributed by atoms with Crippen molar-refractivity contribution >= 4 is 17.2 Å². The average Bonchev–Trinajstić information content (AvgIpc) is 2.15. The van der Waals surface area contributed by atoms with Gasteiger partial charge in [-0.2, -0.15) is 13.2 Å². The highest BCUT2D eigenvalue weighted by molar-refractivity contribution is 7.80. The highest BCUT2D eigenvalue weighted by atomic mass is 32.1. The highest BCUT2D eigenvalue weighted by Crippen LogP contribution is 2.32. The SMILES string of the molecule is COc1ccc(C(F)(F)F)cc1C(N)=S. The van der Waals surface area contributed by atoms with Crippen molar-refractivity contribution in [2.45, 2.75) is 6.18 Å². The Morgan fingerprint density at radius 1 is 1.40 bits per heavy atom. The fraction of sp³-hybridized carbons (Fsp3) is 0.222. The first-order valence-electron chi connectivity index (χ1n) is 3.91. The molecule has 0 fully saturated rings. The van der Waals surface area contributed by atoms with Gasteiger partial charge in [-0.05, 0) is 18.2 Å². The summed E-state index contributed by atoms with van der Waals surface area (Å²) in [6.07, 6.45) is -4.41. The summed E-state index contributed by atoms with van der Waals surface area (Å²) in [5.74, 6) is 0.232. The second-order valence-electron chi connectivity index (χ2n) is 2.78. The van der Waals surface area contributed by atoms with Crippen molar-refractivity contribution in [2.24, 2.45) is 5.73 Å². The zero-order valence-electron chi connectivity index (χ0n) is 7.76. The number of methoxy groups -OCH3 is 1. The van der Waals surface area contributed by atoms with Crippen LogP contribution in [0.15, 0.2) is 18.2 Å². The fourth-order valence-electron chi connectivity index (χ4n) is 1.08. The Bertz CT molecular complexity index is 389. The van der Waals surface area contributed by atoms with Crippen LogP contribution in [-0.2, 0) is 6.18 Å². The van der Waals surface area contributed by atoms with Crippen LogP contribution in [0, 0.1) is 0 Å². The van der Waals surface area contributed by atoms with E-state index in [9.17, 15) is 13.2 Å². The van der Waals surface area contributed by atoms with Crippen LogP contribution in [0.1, 0.15) is 11.1 Å². The molecule has 0 unspecified atom stereocenters. The maximum Gasteiger partial charge on any atom is 0.416 e. The number of nitrogens with two attached hydrogens (primary N) is 1. The highest BCUT2D eigenvalue weighted by Gasteiger charge is 2.31. The molecule has 1 aromatic carbocycles. The number of hydrogen-bond donors (Lipinski definition) is 1. The van der Waals surface area contributed by atoms with E-state index in [2.05, 4.69) is 12.2 Å². The number of benzene rings is 1. The molecule has 0 heterocycles. The lowest BCUT2D eigenvalue weighted by Gasteiger charge is -2.11. The van der Waals surface area contributed by atoms with Crippen LogP contribution in [0.2, 0.25) is 0 Å². The third-order valence-corrected chi connectivity index (χ3v) is 2.01. The van der Waals surface area contributed by atoms with Crippen molar-refractivity contribution in [3.05, 3.63) is 29.3 Å². The van der Waals surface area contributed by atoms with Crippen LogP contribution in [0.25, 0.3) is 0 Å². The summed E-state index contributed by atoms with van der Waals surface area (Å²) in [5, 5.41) is 0. The topological polar surface area (TPSA) is 35.2 Å². The molecule has 0 saturated carbocycles. The van der Waals surface area contributed by atoms with Gasteiger partial charge in [-0.3, -0.25) is 0 Å². The summed E-state index contributed by atoms with van der Waals surface area (Å²) in [5.41, 5.74) is 4.57. The van der Waals surface area contributed by atoms with Gasteiger partial charge in [0.1, 0.15) is 10.7 Å². The monoisotopic (exact) mass is 235 g/mol.